The van der Waals surface area contributed by atoms with Crippen molar-refractivity contribution in [3.05, 3.63) is 66.2 Å². The molecule has 0 bridgehead atoms. The molecule has 0 aliphatic carbocycles. The first-order chi connectivity index (χ1) is 11.0. The zero-order chi connectivity index (χ0) is 16.7. The summed E-state index contributed by atoms with van der Waals surface area (Å²) in [5.41, 5.74) is 1.31. The van der Waals surface area contributed by atoms with Crippen LogP contribution >= 0.6 is 11.8 Å². The number of benzene rings is 2. The molecule has 3 heteroatoms. The highest BCUT2D eigenvalue weighted by Gasteiger charge is 2.29. The van der Waals surface area contributed by atoms with Crippen LogP contribution in [0.4, 0.5) is 0 Å². The van der Waals surface area contributed by atoms with E-state index < -0.39 is 4.75 Å². The summed E-state index contributed by atoms with van der Waals surface area (Å²) < 4.78 is -0.484. The highest BCUT2D eigenvalue weighted by molar-refractivity contribution is 8.01. The first-order valence-corrected chi connectivity index (χ1v) is 8.88. The van der Waals surface area contributed by atoms with Gasteiger partial charge in [0.15, 0.2) is 0 Å². The minimum atomic E-state index is -0.484. The van der Waals surface area contributed by atoms with E-state index in [-0.39, 0.29) is 11.9 Å². The minimum Gasteiger partial charge on any atom is -0.352 e. The summed E-state index contributed by atoms with van der Waals surface area (Å²) in [6.45, 7) is 6.03. The van der Waals surface area contributed by atoms with Crippen molar-refractivity contribution in [2.24, 2.45) is 0 Å². The van der Waals surface area contributed by atoms with Gasteiger partial charge < -0.3 is 5.32 Å². The molecule has 0 aliphatic rings. The van der Waals surface area contributed by atoms with E-state index in [2.05, 4.69) is 36.5 Å². The number of carbonyl (C=O) groups excluding carboxylic acids is 1. The molecule has 2 nitrogen and oxygen atoms in total. The summed E-state index contributed by atoms with van der Waals surface area (Å²) in [5, 5.41) is 3.15. The minimum absolute atomic E-state index is 0.0897. The van der Waals surface area contributed by atoms with Crippen LogP contribution in [0.2, 0.25) is 0 Å². The lowest BCUT2D eigenvalue weighted by Crippen LogP contribution is -2.44. The molecule has 0 saturated carbocycles. The number of nitrogens with one attached hydrogen (secondary N) is 1. The average molecular weight is 327 g/mol. The van der Waals surface area contributed by atoms with Crippen LogP contribution in [0.5, 0.6) is 0 Å². The van der Waals surface area contributed by atoms with E-state index >= 15 is 0 Å². The standard InChI is InChI=1S/C20H25NOS/c1-16(14-15-17-10-6-4-7-11-17)21-19(22)20(2,3)23-18-12-8-5-9-13-18/h4-13,16H,14-15H2,1-3H3,(H,21,22). The Morgan fingerprint density at radius 3 is 2.22 bits per heavy atom. The van der Waals surface area contributed by atoms with Gasteiger partial charge in [-0.1, -0.05) is 48.5 Å². The van der Waals surface area contributed by atoms with E-state index in [9.17, 15) is 4.79 Å². The van der Waals surface area contributed by atoms with Crippen LogP contribution in [0, 0.1) is 0 Å². The van der Waals surface area contributed by atoms with E-state index in [1.54, 1.807) is 11.8 Å². The van der Waals surface area contributed by atoms with Gasteiger partial charge in [-0.25, -0.2) is 0 Å². The number of aryl methyl sites for hydroxylation is 1. The zero-order valence-corrected chi connectivity index (χ0v) is 14.9. The normalized spacial score (nSPS) is 12.7. The van der Waals surface area contributed by atoms with Crippen LogP contribution in [0.25, 0.3) is 0 Å². The molecular formula is C20H25NOS. The number of hydrogen-bond acceptors (Lipinski definition) is 2. The molecule has 1 amide bonds. The van der Waals surface area contributed by atoms with Crippen LogP contribution < -0.4 is 5.32 Å². The summed E-state index contributed by atoms with van der Waals surface area (Å²) in [6.07, 6.45) is 1.93. The topological polar surface area (TPSA) is 29.1 Å². The Bertz CT molecular complexity index is 610. The van der Waals surface area contributed by atoms with Crippen molar-refractivity contribution in [1.82, 2.24) is 5.32 Å². The van der Waals surface area contributed by atoms with Crippen molar-refractivity contribution in [3.63, 3.8) is 0 Å². The summed E-state index contributed by atoms with van der Waals surface area (Å²) in [7, 11) is 0. The first-order valence-electron chi connectivity index (χ1n) is 8.06. The van der Waals surface area contributed by atoms with Crippen molar-refractivity contribution in [1.29, 1.82) is 0 Å². The van der Waals surface area contributed by atoms with Crippen molar-refractivity contribution in [2.45, 2.75) is 49.3 Å². The lowest BCUT2D eigenvalue weighted by Gasteiger charge is -2.25. The number of thioether (sulfide) groups is 1. The molecule has 0 spiro atoms. The second-order valence-corrected chi connectivity index (χ2v) is 8.02. The molecular weight excluding hydrogens is 302 g/mol. The molecule has 0 heterocycles. The Labute approximate surface area is 143 Å². The van der Waals surface area contributed by atoms with Gasteiger partial charge in [0.05, 0.1) is 4.75 Å². The molecule has 1 atom stereocenters. The molecule has 2 rings (SSSR count). The molecule has 1 N–H and O–H groups in total. The predicted octanol–water partition coefficient (Wildman–Crippen LogP) is 4.69. The molecule has 0 fully saturated rings. The monoisotopic (exact) mass is 327 g/mol. The number of amides is 1. The molecule has 2 aromatic rings. The molecule has 0 saturated heterocycles. The molecule has 0 radical (unpaired) electrons. The Kier molecular flexibility index (Phi) is 6.28. The SMILES string of the molecule is CC(CCc1ccccc1)NC(=O)C(C)(C)Sc1ccccc1. The highest BCUT2D eigenvalue weighted by atomic mass is 32.2. The van der Waals surface area contributed by atoms with E-state index in [0.717, 1.165) is 17.7 Å². The second kappa shape index (κ2) is 8.21. The van der Waals surface area contributed by atoms with Gasteiger partial charge >= 0.3 is 0 Å². The lowest BCUT2D eigenvalue weighted by atomic mass is 10.1. The van der Waals surface area contributed by atoms with E-state index in [4.69, 9.17) is 0 Å². The largest absolute Gasteiger partial charge is 0.352 e. The Balaban J connectivity index is 1.84. The molecule has 2 aromatic carbocycles. The van der Waals surface area contributed by atoms with Gasteiger partial charge in [-0.15, -0.1) is 11.8 Å². The molecule has 122 valence electrons. The fraction of sp³-hybridized carbons (Fsp3) is 0.350. The van der Waals surface area contributed by atoms with E-state index in [0.29, 0.717) is 0 Å². The van der Waals surface area contributed by atoms with Crippen molar-refractivity contribution >= 4 is 17.7 Å². The van der Waals surface area contributed by atoms with Gasteiger partial charge in [-0.05, 0) is 51.3 Å². The van der Waals surface area contributed by atoms with Crippen LogP contribution in [-0.4, -0.2) is 16.7 Å². The maximum absolute atomic E-state index is 12.6. The third-order valence-electron chi connectivity index (χ3n) is 3.75. The summed E-state index contributed by atoms with van der Waals surface area (Å²) in [5.74, 6) is 0.0897. The van der Waals surface area contributed by atoms with Crippen LogP contribution in [0.1, 0.15) is 32.8 Å². The van der Waals surface area contributed by atoms with E-state index in [1.807, 2.05) is 50.2 Å². The zero-order valence-electron chi connectivity index (χ0n) is 14.1. The first kappa shape index (κ1) is 17.6. The molecule has 0 aliphatic heterocycles. The summed E-state index contributed by atoms with van der Waals surface area (Å²) >= 11 is 1.60. The predicted molar refractivity (Wildman–Crippen MR) is 98.7 cm³/mol. The summed E-state index contributed by atoms with van der Waals surface area (Å²) in [4.78, 5) is 13.7. The fourth-order valence-electron chi connectivity index (χ4n) is 2.33. The van der Waals surface area contributed by atoms with Gasteiger partial charge in [0.25, 0.3) is 0 Å². The van der Waals surface area contributed by atoms with Crippen molar-refractivity contribution in [2.75, 3.05) is 0 Å². The van der Waals surface area contributed by atoms with Gasteiger partial charge in [0.1, 0.15) is 0 Å². The number of carbonyl (C=O) groups is 1. The van der Waals surface area contributed by atoms with Gasteiger partial charge in [0, 0.05) is 10.9 Å². The second-order valence-electron chi connectivity index (χ2n) is 6.32. The smallest absolute Gasteiger partial charge is 0.236 e. The average Bonchev–Trinajstić information content (AvgIpc) is 2.54. The van der Waals surface area contributed by atoms with Gasteiger partial charge in [-0.2, -0.15) is 0 Å². The maximum atomic E-state index is 12.6. The van der Waals surface area contributed by atoms with Crippen LogP contribution in [0.15, 0.2) is 65.6 Å². The molecule has 23 heavy (non-hydrogen) atoms. The molecule has 1 unspecified atom stereocenters. The van der Waals surface area contributed by atoms with Crippen LogP contribution in [0.3, 0.4) is 0 Å². The lowest BCUT2D eigenvalue weighted by molar-refractivity contribution is -0.123. The molecule has 0 aromatic heterocycles. The van der Waals surface area contributed by atoms with Crippen molar-refractivity contribution in [3.8, 4) is 0 Å². The van der Waals surface area contributed by atoms with Crippen molar-refractivity contribution < 1.29 is 4.79 Å². The van der Waals surface area contributed by atoms with Gasteiger partial charge in [-0.3, -0.25) is 4.79 Å². The highest BCUT2D eigenvalue weighted by Crippen LogP contribution is 2.32. The fourth-order valence-corrected chi connectivity index (χ4v) is 3.36. The number of rotatable bonds is 7. The quantitative estimate of drug-likeness (QED) is 0.747. The Morgan fingerprint density at radius 1 is 1.04 bits per heavy atom. The van der Waals surface area contributed by atoms with E-state index in [1.165, 1.54) is 5.56 Å². The van der Waals surface area contributed by atoms with Gasteiger partial charge in [0.2, 0.25) is 5.91 Å². The Morgan fingerprint density at radius 2 is 1.61 bits per heavy atom. The number of hydrogen-bond donors (Lipinski definition) is 1. The third kappa shape index (κ3) is 5.76. The summed E-state index contributed by atoms with van der Waals surface area (Å²) in [6, 6.07) is 20.6. The maximum Gasteiger partial charge on any atom is 0.236 e. The Hall–Kier alpha value is -1.74. The van der Waals surface area contributed by atoms with Crippen LogP contribution in [-0.2, 0) is 11.2 Å². The third-order valence-corrected chi connectivity index (χ3v) is 4.95.